The first-order chi connectivity index (χ1) is 13.2. The monoisotopic (exact) mass is 365 g/mol. The van der Waals surface area contributed by atoms with Crippen LogP contribution in [0.2, 0.25) is 0 Å². The number of piperazine rings is 1. The van der Waals surface area contributed by atoms with Gasteiger partial charge < -0.3 is 20.4 Å². The highest BCUT2D eigenvalue weighted by atomic mass is 16.2. The fourth-order valence-corrected chi connectivity index (χ4v) is 3.92. The van der Waals surface area contributed by atoms with Gasteiger partial charge in [-0.2, -0.15) is 0 Å². The summed E-state index contributed by atoms with van der Waals surface area (Å²) >= 11 is 0. The van der Waals surface area contributed by atoms with E-state index >= 15 is 0 Å². The average Bonchev–Trinajstić information content (AvgIpc) is 2.75. The minimum absolute atomic E-state index is 0.126. The molecule has 2 aliphatic rings. The van der Waals surface area contributed by atoms with Crippen LogP contribution in [-0.4, -0.2) is 61.1 Å². The molecule has 6 heteroatoms. The van der Waals surface area contributed by atoms with Gasteiger partial charge in [0, 0.05) is 57.2 Å². The number of hydrogen-bond donors (Lipinski definition) is 1. The van der Waals surface area contributed by atoms with Crippen LogP contribution in [-0.2, 0) is 0 Å². The van der Waals surface area contributed by atoms with Gasteiger partial charge in [-0.15, -0.1) is 0 Å². The molecule has 27 heavy (non-hydrogen) atoms. The number of nitrogens with two attached hydrogens (primary N) is 1. The second-order valence-corrected chi connectivity index (χ2v) is 7.31. The van der Waals surface area contributed by atoms with Crippen molar-refractivity contribution in [3.63, 3.8) is 0 Å². The van der Waals surface area contributed by atoms with E-state index in [1.807, 2.05) is 47.5 Å². The van der Waals surface area contributed by atoms with Gasteiger partial charge in [0.15, 0.2) is 0 Å². The summed E-state index contributed by atoms with van der Waals surface area (Å²) < 4.78 is 0. The molecule has 1 aromatic heterocycles. The van der Waals surface area contributed by atoms with Crippen molar-refractivity contribution in [1.29, 1.82) is 0 Å². The molecule has 2 N–H and O–H groups in total. The molecule has 1 amide bonds. The van der Waals surface area contributed by atoms with Crippen LogP contribution in [0.5, 0.6) is 0 Å². The van der Waals surface area contributed by atoms with E-state index in [9.17, 15) is 4.79 Å². The zero-order valence-corrected chi connectivity index (χ0v) is 15.6. The van der Waals surface area contributed by atoms with Gasteiger partial charge >= 0.3 is 0 Å². The quantitative estimate of drug-likeness (QED) is 0.901. The molecule has 0 unspecified atom stereocenters. The molecule has 0 bridgehead atoms. The fourth-order valence-electron chi connectivity index (χ4n) is 3.92. The van der Waals surface area contributed by atoms with Gasteiger partial charge in [-0.25, -0.2) is 4.98 Å². The SMILES string of the molecule is NC1CCN(c2ccccc2C(=O)N2CCN(c3ccccn3)CC2)CC1. The number of carbonyl (C=O) groups excluding carboxylic acids is 1. The largest absolute Gasteiger partial charge is 0.371 e. The summed E-state index contributed by atoms with van der Waals surface area (Å²) in [5, 5.41) is 0. The highest BCUT2D eigenvalue weighted by Gasteiger charge is 2.26. The lowest BCUT2D eigenvalue weighted by Crippen LogP contribution is -2.49. The molecule has 2 saturated heterocycles. The molecule has 4 rings (SSSR count). The Hall–Kier alpha value is -2.60. The summed E-state index contributed by atoms with van der Waals surface area (Å²) in [6, 6.07) is 14.2. The number of hydrogen-bond acceptors (Lipinski definition) is 5. The third-order valence-corrected chi connectivity index (χ3v) is 5.55. The standard InChI is InChI=1S/C21H27N5O/c22-17-8-11-24(12-9-17)19-6-2-1-5-18(19)21(27)26-15-13-25(14-16-26)20-7-3-4-10-23-20/h1-7,10,17H,8-9,11-16,22H2. The Kier molecular flexibility index (Phi) is 5.25. The lowest BCUT2D eigenvalue weighted by Gasteiger charge is -2.37. The Balaban J connectivity index is 1.45. The molecule has 142 valence electrons. The van der Waals surface area contributed by atoms with Crippen molar-refractivity contribution in [2.75, 3.05) is 49.1 Å². The number of nitrogens with zero attached hydrogens (tertiary/aromatic N) is 4. The molecule has 0 saturated carbocycles. The van der Waals surface area contributed by atoms with Crippen molar-refractivity contribution in [2.45, 2.75) is 18.9 Å². The third kappa shape index (κ3) is 3.90. The smallest absolute Gasteiger partial charge is 0.256 e. The molecule has 0 radical (unpaired) electrons. The van der Waals surface area contributed by atoms with E-state index in [0.717, 1.165) is 56.1 Å². The Bertz CT molecular complexity index is 765. The summed E-state index contributed by atoms with van der Waals surface area (Å²) in [6.45, 7) is 4.88. The van der Waals surface area contributed by atoms with E-state index in [1.165, 1.54) is 0 Å². The van der Waals surface area contributed by atoms with Crippen LogP contribution in [0.4, 0.5) is 11.5 Å². The van der Waals surface area contributed by atoms with Crippen molar-refractivity contribution in [2.24, 2.45) is 5.73 Å². The molecule has 0 atom stereocenters. The van der Waals surface area contributed by atoms with Crippen LogP contribution in [0.1, 0.15) is 23.2 Å². The first-order valence-electron chi connectivity index (χ1n) is 9.77. The molecular weight excluding hydrogens is 338 g/mol. The van der Waals surface area contributed by atoms with E-state index in [4.69, 9.17) is 5.73 Å². The molecule has 2 fully saturated rings. The maximum Gasteiger partial charge on any atom is 0.256 e. The fraction of sp³-hybridized carbons (Fsp3) is 0.429. The molecule has 3 heterocycles. The van der Waals surface area contributed by atoms with E-state index in [0.29, 0.717) is 13.1 Å². The van der Waals surface area contributed by atoms with Gasteiger partial charge in [-0.05, 0) is 37.1 Å². The number of aromatic nitrogens is 1. The van der Waals surface area contributed by atoms with E-state index in [1.54, 1.807) is 0 Å². The van der Waals surface area contributed by atoms with Crippen LogP contribution in [0.25, 0.3) is 0 Å². The number of rotatable bonds is 3. The number of para-hydroxylation sites is 1. The number of pyridine rings is 1. The first-order valence-corrected chi connectivity index (χ1v) is 9.77. The van der Waals surface area contributed by atoms with E-state index in [-0.39, 0.29) is 11.9 Å². The second-order valence-electron chi connectivity index (χ2n) is 7.31. The average molecular weight is 365 g/mol. The van der Waals surface area contributed by atoms with Crippen LogP contribution in [0.15, 0.2) is 48.7 Å². The van der Waals surface area contributed by atoms with Crippen LogP contribution in [0, 0.1) is 0 Å². The van der Waals surface area contributed by atoms with Crippen LogP contribution in [0.3, 0.4) is 0 Å². The van der Waals surface area contributed by atoms with Gasteiger partial charge in [-0.3, -0.25) is 4.79 Å². The van der Waals surface area contributed by atoms with Crippen molar-refractivity contribution < 1.29 is 4.79 Å². The van der Waals surface area contributed by atoms with Gasteiger partial charge in [0.2, 0.25) is 0 Å². The zero-order valence-electron chi connectivity index (χ0n) is 15.6. The van der Waals surface area contributed by atoms with Crippen molar-refractivity contribution in [3.8, 4) is 0 Å². The molecule has 1 aromatic carbocycles. The summed E-state index contributed by atoms with van der Waals surface area (Å²) in [7, 11) is 0. The van der Waals surface area contributed by atoms with Gasteiger partial charge in [0.25, 0.3) is 5.91 Å². The predicted molar refractivity (Wildman–Crippen MR) is 108 cm³/mol. The Morgan fingerprint density at radius 3 is 2.30 bits per heavy atom. The Morgan fingerprint density at radius 1 is 0.889 bits per heavy atom. The minimum atomic E-state index is 0.126. The molecular formula is C21H27N5O. The lowest BCUT2D eigenvalue weighted by atomic mass is 10.0. The molecule has 0 aliphatic carbocycles. The van der Waals surface area contributed by atoms with Crippen LogP contribution >= 0.6 is 0 Å². The van der Waals surface area contributed by atoms with Crippen molar-refractivity contribution in [3.05, 3.63) is 54.2 Å². The molecule has 2 aliphatic heterocycles. The van der Waals surface area contributed by atoms with E-state index < -0.39 is 0 Å². The zero-order chi connectivity index (χ0) is 18.6. The molecule has 6 nitrogen and oxygen atoms in total. The summed E-state index contributed by atoms with van der Waals surface area (Å²) in [6.07, 6.45) is 3.77. The van der Waals surface area contributed by atoms with Crippen molar-refractivity contribution in [1.82, 2.24) is 9.88 Å². The number of piperidine rings is 1. The van der Waals surface area contributed by atoms with E-state index in [2.05, 4.69) is 20.9 Å². The van der Waals surface area contributed by atoms with Crippen LogP contribution < -0.4 is 15.5 Å². The first kappa shape index (κ1) is 17.8. The third-order valence-electron chi connectivity index (χ3n) is 5.55. The molecule has 2 aromatic rings. The molecule has 0 spiro atoms. The summed E-state index contributed by atoms with van der Waals surface area (Å²) in [5.74, 6) is 1.11. The number of anilines is 2. The number of amides is 1. The number of benzene rings is 1. The Labute approximate surface area is 160 Å². The van der Waals surface area contributed by atoms with Gasteiger partial charge in [0.1, 0.15) is 5.82 Å². The van der Waals surface area contributed by atoms with Gasteiger partial charge in [-0.1, -0.05) is 18.2 Å². The maximum absolute atomic E-state index is 13.2. The predicted octanol–water partition coefficient (Wildman–Crippen LogP) is 1.97. The highest BCUT2D eigenvalue weighted by Crippen LogP contribution is 2.26. The van der Waals surface area contributed by atoms with Gasteiger partial charge in [0.05, 0.1) is 5.56 Å². The lowest BCUT2D eigenvalue weighted by molar-refractivity contribution is 0.0747. The highest BCUT2D eigenvalue weighted by molar-refractivity contribution is 6.00. The Morgan fingerprint density at radius 2 is 1.59 bits per heavy atom. The normalized spacial score (nSPS) is 18.6. The minimum Gasteiger partial charge on any atom is -0.371 e. The summed E-state index contributed by atoms with van der Waals surface area (Å²) in [5.41, 5.74) is 7.89. The topological polar surface area (TPSA) is 65.7 Å². The number of carbonyl (C=O) groups is 1. The van der Waals surface area contributed by atoms with Crippen molar-refractivity contribution >= 4 is 17.4 Å². The maximum atomic E-state index is 13.2. The second kappa shape index (κ2) is 7.96. The summed E-state index contributed by atoms with van der Waals surface area (Å²) in [4.78, 5) is 24.1.